The molecule has 0 aliphatic rings. The fraction of sp³-hybridized carbons (Fsp3) is 0.300. The second-order valence-corrected chi connectivity index (χ2v) is 3.65. The van der Waals surface area contributed by atoms with E-state index in [2.05, 4.69) is 0 Å². The SMILES string of the molecule is CCN(C)C(=O)c1ccc([N+](=O)[O-])cc1Cl. The van der Waals surface area contributed by atoms with E-state index in [0.29, 0.717) is 6.54 Å². The molecule has 1 amide bonds. The van der Waals surface area contributed by atoms with E-state index in [9.17, 15) is 14.9 Å². The molecule has 0 saturated heterocycles. The third kappa shape index (κ3) is 2.49. The molecule has 1 aromatic rings. The van der Waals surface area contributed by atoms with Gasteiger partial charge in [0.05, 0.1) is 15.5 Å². The van der Waals surface area contributed by atoms with Gasteiger partial charge in [-0.1, -0.05) is 11.6 Å². The van der Waals surface area contributed by atoms with E-state index in [4.69, 9.17) is 11.6 Å². The molecule has 0 spiro atoms. The van der Waals surface area contributed by atoms with Gasteiger partial charge >= 0.3 is 0 Å². The maximum atomic E-state index is 11.7. The van der Waals surface area contributed by atoms with Crippen molar-refractivity contribution in [2.24, 2.45) is 0 Å². The number of nitro benzene ring substituents is 1. The van der Waals surface area contributed by atoms with Crippen molar-refractivity contribution >= 4 is 23.2 Å². The van der Waals surface area contributed by atoms with Crippen molar-refractivity contribution in [3.8, 4) is 0 Å². The van der Waals surface area contributed by atoms with Crippen LogP contribution in [0.4, 0.5) is 5.69 Å². The van der Waals surface area contributed by atoms with Gasteiger partial charge in [-0.25, -0.2) is 0 Å². The molecule has 0 aromatic heterocycles. The molecular formula is C10H11ClN2O3. The second-order valence-electron chi connectivity index (χ2n) is 3.24. The summed E-state index contributed by atoms with van der Waals surface area (Å²) in [7, 11) is 1.64. The molecule has 0 heterocycles. The molecule has 86 valence electrons. The highest BCUT2D eigenvalue weighted by Gasteiger charge is 2.16. The highest BCUT2D eigenvalue weighted by molar-refractivity contribution is 6.34. The normalized spacial score (nSPS) is 9.94. The summed E-state index contributed by atoms with van der Waals surface area (Å²) in [5, 5.41) is 10.6. The van der Waals surface area contributed by atoms with Gasteiger partial charge in [-0.3, -0.25) is 14.9 Å². The van der Waals surface area contributed by atoms with Gasteiger partial charge in [0.15, 0.2) is 0 Å². The molecule has 0 atom stereocenters. The van der Waals surface area contributed by atoms with Crippen LogP contribution in [0.1, 0.15) is 17.3 Å². The predicted octanol–water partition coefficient (Wildman–Crippen LogP) is 2.34. The molecule has 0 unspecified atom stereocenters. The summed E-state index contributed by atoms with van der Waals surface area (Å²) in [6.45, 7) is 2.38. The van der Waals surface area contributed by atoms with Crippen LogP contribution in [0.25, 0.3) is 0 Å². The molecule has 16 heavy (non-hydrogen) atoms. The summed E-state index contributed by atoms with van der Waals surface area (Å²) >= 11 is 5.82. The second kappa shape index (κ2) is 4.94. The van der Waals surface area contributed by atoms with Gasteiger partial charge in [0.1, 0.15) is 0 Å². The molecule has 5 nitrogen and oxygen atoms in total. The summed E-state index contributed by atoms with van der Waals surface area (Å²) in [4.78, 5) is 23.2. The third-order valence-corrected chi connectivity index (χ3v) is 2.53. The fourth-order valence-electron chi connectivity index (χ4n) is 1.14. The molecule has 6 heteroatoms. The highest BCUT2D eigenvalue weighted by atomic mass is 35.5. The number of benzene rings is 1. The lowest BCUT2D eigenvalue weighted by Crippen LogP contribution is -2.26. The Hall–Kier alpha value is -1.62. The Morgan fingerprint density at radius 2 is 2.19 bits per heavy atom. The summed E-state index contributed by atoms with van der Waals surface area (Å²) in [5.41, 5.74) is 0.150. The Bertz CT molecular complexity index is 434. The van der Waals surface area contributed by atoms with Crippen LogP contribution in [0.2, 0.25) is 5.02 Å². The quantitative estimate of drug-likeness (QED) is 0.604. The van der Waals surface area contributed by atoms with E-state index < -0.39 is 4.92 Å². The molecule has 0 radical (unpaired) electrons. The number of halogens is 1. The van der Waals surface area contributed by atoms with Crippen LogP contribution < -0.4 is 0 Å². The third-order valence-electron chi connectivity index (χ3n) is 2.21. The molecule has 0 aliphatic heterocycles. The number of non-ortho nitro benzene ring substituents is 1. The molecular weight excluding hydrogens is 232 g/mol. The molecule has 0 fully saturated rings. The summed E-state index contributed by atoms with van der Waals surface area (Å²) in [6.07, 6.45) is 0. The maximum Gasteiger partial charge on any atom is 0.270 e. The van der Waals surface area contributed by atoms with Crippen molar-refractivity contribution < 1.29 is 9.72 Å². The first-order valence-electron chi connectivity index (χ1n) is 4.66. The first-order valence-corrected chi connectivity index (χ1v) is 5.04. The van der Waals surface area contributed by atoms with E-state index in [1.807, 2.05) is 6.92 Å². The minimum absolute atomic E-state index is 0.0968. The average Bonchev–Trinajstić information content (AvgIpc) is 2.26. The molecule has 0 N–H and O–H groups in total. The Balaban J connectivity index is 3.08. The summed E-state index contributed by atoms with van der Waals surface area (Å²) in [6, 6.07) is 3.82. The lowest BCUT2D eigenvalue weighted by molar-refractivity contribution is -0.384. The minimum atomic E-state index is -0.552. The number of carbonyl (C=O) groups excluding carboxylic acids is 1. The predicted molar refractivity (Wildman–Crippen MR) is 60.7 cm³/mol. The Labute approximate surface area is 97.8 Å². The monoisotopic (exact) mass is 242 g/mol. The molecule has 0 bridgehead atoms. The minimum Gasteiger partial charge on any atom is -0.342 e. The summed E-state index contributed by atoms with van der Waals surface area (Å²) < 4.78 is 0. The number of nitro groups is 1. The van der Waals surface area contributed by atoms with Crippen molar-refractivity contribution in [1.29, 1.82) is 0 Å². The first-order chi connectivity index (χ1) is 7.47. The van der Waals surface area contributed by atoms with Crippen molar-refractivity contribution in [3.05, 3.63) is 38.9 Å². The maximum absolute atomic E-state index is 11.7. The van der Waals surface area contributed by atoms with Crippen LogP contribution in [0, 0.1) is 10.1 Å². The van der Waals surface area contributed by atoms with Crippen molar-refractivity contribution in [2.45, 2.75) is 6.92 Å². The van der Waals surface area contributed by atoms with E-state index in [0.717, 1.165) is 0 Å². The summed E-state index contributed by atoms with van der Waals surface area (Å²) in [5.74, 6) is -0.248. The molecule has 0 aliphatic carbocycles. The van der Waals surface area contributed by atoms with E-state index in [1.54, 1.807) is 7.05 Å². The van der Waals surface area contributed by atoms with Crippen LogP contribution in [-0.2, 0) is 0 Å². The van der Waals surface area contributed by atoms with Crippen molar-refractivity contribution in [3.63, 3.8) is 0 Å². The van der Waals surface area contributed by atoms with Crippen LogP contribution in [0.5, 0.6) is 0 Å². The Morgan fingerprint density at radius 1 is 1.56 bits per heavy atom. The Morgan fingerprint density at radius 3 is 2.62 bits per heavy atom. The van der Waals surface area contributed by atoms with Gasteiger partial charge in [0.2, 0.25) is 0 Å². The number of carbonyl (C=O) groups is 1. The van der Waals surface area contributed by atoms with Gasteiger partial charge < -0.3 is 4.90 Å². The lowest BCUT2D eigenvalue weighted by atomic mass is 10.2. The van der Waals surface area contributed by atoms with Crippen LogP contribution in [-0.4, -0.2) is 29.3 Å². The molecule has 1 aromatic carbocycles. The lowest BCUT2D eigenvalue weighted by Gasteiger charge is -2.14. The van der Waals surface area contributed by atoms with E-state index in [1.165, 1.54) is 23.1 Å². The standard InChI is InChI=1S/C10H11ClN2O3/c1-3-12(2)10(14)8-5-4-7(13(15)16)6-9(8)11/h4-6H,3H2,1-2H3. The number of nitrogens with zero attached hydrogens (tertiary/aromatic N) is 2. The number of hydrogen-bond donors (Lipinski definition) is 0. The highest BCUT2D eigenvalue weighted by Crippen LogP contribution is 2.23. The van der Waals surface area contributed by atoms with Gasteiger partial charge in [0.25, 0.3) is 11.6 Å². The average molecular weight is 243 g/mol. The first kappa shape index (κ1) is 12.4. The zero-order chi connectivity index (χ0) is 12.3. The van der Waals surface area contributed by atoms with Crippen LogP contribution in [0.3, 0.4) is 0 Å². The molecule has 1 rings (SSSR count). The zero-order valence-electron chi connectivity index (χ0n) is 8.94. The van der Waals surface area contributed by atoms with Crippen molar-refractivity contribution in [2.75, 3.05) is 13.6 Å². The Kier molecular flexibility index (Phi) is 3.84. The van der Waals surface area contributed by atoms with E-state index >= 15 is 0 Å². The topological polar surface area (TPSA) is 63.5 Å². The smallest absolute Gasteiger partial charge is 0.270 e. The van der Waals surface area contributed by atoms with E-state index in [-0.39, 0.29) is 22.2 Å². The van der Waals surface area contributed by atoms with Gasteiger partial charge in [-0.2, -0.15) is 0 Å². The molecule has 0 saturated carbocycles. The van der Waals surface area contributed by atoms with Gasteiger partial charge in [-0.15, -0.1) is 0 Å². The van der Waals surface area contributed by atoms with Gasteiger partial charge in [0, 0.05) is 25.7 Å². The van der Waals surface area contributed by atoms with Crippen LogP contribution >= 0.6 is 11.6 Å². The zero-order valence-corrected chi connectivity index (χ0v) is 9.69. The van der Waals surface area contributed by atoms with Gasteiger partial charge in [-0.05, 0) is 13.0 Å². The van der Waals surface area contributed by atoms with Crippen LogP contribution in [0.15, 0.2) is 18.2 Å². The number of rotatable bonds is 3. The largest absolute Gasteiger partial charge is 0.342 e. The number of amides is 1. The number of hydrogen-bond acceptors (Lipinski definition) is 3. The fourth-order valence-corrected chi connectivity index (χ4v) is 1.40. The van der Waals surface area contributed by atoms with Crippen molar-refractivity contribution in [1.82, 2.24) is 4.90 Å².